The van der Waals surface area contributed by atoms with Gasteiger partial charge in [0.15, 0.2) is 0 Å². The van der Waals surface area contributed by atoms with Crippen LogP contribution in [0.5, 0.6) is 0 Å². The van der Waals surface area contributed by atoms with Gasteiger partial charge in [-0.15, -0.1) is 10.2 Å². The third-order valence-electron chi connectivity index (χ3n) is 3.80. The molecule has 0 aliphatic rings. The second kappa shape index (κ2) is 8.41. The highest BCUT2D eigenvalue weighted by molar-refractivity contribution is 7.18. The fraction of sp³-hybridized carbons (Fsp3) is 0.158. The minimum atomic E-state index is -0.391. The first-order valence-corrected chi connectivity index (χ1v) is 8.97. The largest absolute Gasteiger partial charge is 0.465 e. The summed E-state index contributed by atoms with van der Waals surface area (Å²) in [7, 11) is 3.02. The van der Waals surface area contributed by atoms with Gasteiger partial charge in [-0.05, 0) is 17.7 Å². The number of urea groups is 1. The second-order valence-corrected chi connectivity index (χ2v) is 6.73. The average molecular weight is 382 g/mol. The minimum absolute atomic E-state index is 0.289. The maximum absolute atomic E-state index is 12.4. The Morgan fingerprint density at radius 3 is 2.44 bits per heavy atom. The van der Waals surface area contributed by atoms with Crippen LogP contribution in [0.1, 0.15) is 15.9 Å². The zero-order chi connectivity index (χ0) is 19.2. The molecule has 2 aromatic carbocycles. The average Bonchev–Trinajstić information content (AvgIpc) is 3.17. The molecule has 0 saturated carbocycles. The van der Waals surface area contributed by atoms with Crippen LogP contribution in [0.15, 0.2) is 54.6 Å². The smallest absolute Gasteiger partial charge is 0.337 e. The summed E-state index contributed by atoms with van der Waals surface area (Å²) < 4.78 is 4.67. The number of hydrogen-bond acceptors (Lipinski definition) is 6. The van der Waals surface area contributed by atoms with Crippen LogP contribution in [0.2, 0.25) is 0 Å². The van der Waals surface area contributed by atoms with Crippen LogP contribution in [-0.2, 0) is 11.3 Å². The highest BCUT2D eigenvalue weighted by atomic mass is 32.1. The van der Waals surface area contributed by atoms with Gasteiger partial charge in [-0.3, -0.25) is 5.32 Å². The highest BCUT2D eigenvalue weighted by Gasteiger charge is 2.14. The molecule has 0 spiro atoms. The quantitative estimate of drug-likeness (QED) is 0.681. The van der Waals surface area contributed by atoms with E-state index in [-0.39, 0.29) is 6.03 Å². The van der Waals surface area contributed by atoms with E-state index in [0.29, 0.717) is 17.2 Å². The molecule has 0 aliphatic carbocycles. The summed E-state index contributed by atoms with van der Waals surface area (Å²) >= 11 is 1.31. The summed E-state index contributed by atoms with van der Waals surface area (Å²) in [5.41, 5.74) is 2.31. The molecule has 0 saturated heterocycles. The molecule has 8 heteroatoms. The first-order valence-electron chi connectivity index (χ1n) is 8.15. The maximum Gasteiger partial charge on any atom is 0.337 e. The number of amides is 2. The lowest BCUT2D eigenvalue weighted by Crippen LogP contribution is -2.30. The van der Waals surface area contributed by atoms with E-state index in [4.69, 9.17) is 0 Å². The molecule has 2 amide bonds. The van der Waals surface area contributed by atoms with Crippen LogP contribution < -0.4 is 5.32 Å². The summed E-state index contributed by atoms with van der Waals surface area (Å²) in [6.45, 7) is 0.387. The molecule has 0 unspecified atom stereocenters. The number of esters is 1. The Bertz CT molecular complexity index is 926. The molecule has 0 bridgehead atoms. The molecule has 0 radical (unpaired) electrons. The van der Waals surface area contributed by atoms with E-state index >= 15 is 0 Å². The number of benzene rings is 2. The van der Waals surface area contributed by atoms with Gasteiger partial charge in [0.1, 0.15) is 5.01 Å². The predicted molar refractivity (Wildman–Crippen MR) is 104 cm³/mol. The van der Waals surface area contributed by atoms with Crippen molar-refractivity contribution in [3.05, 3.63) is 65.7 Å². The number of carbonyl (C=O) groups excluding carboxylic acids is 2. The molecule has 1 heterocycles. The van der Waals surface area contributed by atoms with Gasteiger partial charge in [-0.1, -0.05) is 53.8 Å². The molecule has 7 nitrogen and oxygen atoms in total. The fourth-order valence-electron chi connectivity index (χ4n) is 2.37. The molecule has 0 atom stereocenters. The molecule has 1 N–H and O–H groups in total. The highest BCUT2D eigenvalue weighted by Crippen LogP contribution is 2.26. The van der Waals surface area contributed by atoms with Crippen molar-refractivity contribution in [3.8, 4) is 10.6 Å². The van der Waals surface area contributed by atoms with Crippen LogP contribution >= 0.6 is 11.3 Å². The first kappa shape index (κ1) is 18.5. The van der Waals surface area contributed by atoms with Crippen molar-refractivity contribution in [1.29, 1.82) is 0 Å². The van der Waals surface area contributed by atoms with E-state index in [1.165, 1.54) is 23.3 Å². The van der Waals surface area contributed by atoms with Gasteiger partial charge in [0, 0.05) is 19.2 Å². The van der Waals surface area contributed by atoms with E-state index in [0.717, 1.165) is 16.1 Å². The van der Waals surface area contributed by atoms with Gasteiger partial charge in [-0.2, -0.15) is 0 Å². The third kappa shape index (κ3) is 4.68. The van der Waals surface area contributed by atoms with Crippen molar-refractivity contribution < 1.29 is 14.3 Å². The van der Waals surface area contributed by atoms with E-state index in [9.17, 15) is 9.59 Å². The number of nitrogens with zero attached hydrogens (tertiary/aromatic N) is 3. The zero-order valence-corrected chi connectivity index (χ0v) is 15.7. The summed E-state index contributed by atoms with van der Waals surface area (Å²) in [6, 6.07) is 16.3. The number of nitrogens with one attached hydrogen (secondary N) is 1. The number of carbonyl (C=O) groups is 2. The van der Waals surface area contributed by atoms with E-state index in [1.807, 2.05) is 30.3 Å². The van der Waals surface area contributed by atoms with Gasteiger partial charge < -0.3 is 9.64 Å². The van der Waals surface area contributed by atoms with Crippen molar-refractivity contribution in [1.82, 2.24) is 15.1 Å². The van der Waals surface area contributed by atoms with Gasteiger partial charge in [0.2, 0.25) is 5.13 Å². The third-order valence-corrected chi connectivity index (χ3v) is 4.69. The van der Waals surface area contributed by atoms with Crippen molar-refractivity contribution in [2.75, 3.05) is 19.5 Å². The number of methoxy groups -OCH3 is 1. The Hall–Kier alpha value is -3.26. The van der Waals surface area contributed by atoms with E-state index in [1.54, 1.807) is 31.3 Å². The van der Waals surface area contributed by atoms with Crippen molar-refractivity contribution in [2.45, 2.75) is 6.54 Å². The molecule has 3 rings (SSSR count). The topological polar surface area (TPSA) is 84.4 Å². The number of aromatic nitrogens is 2. The Morgan fingerprint density at radius 2 is 1.78 bits per heavy atom. The lowest BCUT2D eigenvalue weighted by molar-refractivity contribution is 0.0600. The van der Waals surface area contributed by atoms with Crippen molar-refractivity contribution >= 4 is 28.5 Å². The minimum Gasteiger partial charge on any atom is -0.465 e. The normalized spacial score (nSPS) is 10.3. The Morgan fingerprint density at radius 1 is 1.07 bits per heavy atom. The Kier molecular flexibility index (Phi) is 5.77. The summed E-state index contributed by atoms with van der Waals surface area (Å²) in [5, 5.41) is 12.1. The van der Waals surface area contributed by atoms with Crippen molar-refractivity contribution in [2.24, 2.45) is 0 Å². The van der Waals surface area contributed by atoms with E-state index in [2.05, 4.69) is 20.3 Å². The number of rotatable bonds is 5. The van der Waals surface area contributed by atoms with Crippen LogP contribution in [0.4, 0.5) is 9.93 Å². The molecule has 27 heavy (non-hydrogen) atoms. The number of ether oxygens (including phenoxy) is 1. The van der Waals surface area contributed by atoms with Crippen LogP contribution in [0.25, 0.3) is 10.6 Å². The van der Waals surface area contributed by atoms with Gasteiger partial charge in [-0.25, -0.2) is 9.59 Å². The Balaban J connectivity index is 1.59. The van der Waals surface area contributed by atoms with Gasteiger partial charge in [0.25, 0.3) is 0 Å². The molecule has 138 valence electrons. The lowest BCUT2D eigenvalue weighted by Gasteiger charge is -2.17. The summed E-state index contributed by atoms with van der Waals surface area (Å²) in [5.74, 6) is -0.391. The monoisotopic (exact) mass is 382 g/mol. The summed E-state index contributed by atoms with van der Waals surface area (Å²) in [4.78, 5) is 25.3. The molecular weight excluding hydrogens is 364 g/mol. The first-order chi connectivity index (χ1) is 13.1. The lowest BCUT2D eigenvalue weighted by atomic mass is 10.1. The second-order valence-electron chi connectivity index (χ2n) is 5.75. The number of anilines is 1. The Labute approximate surface area is 160 Å². The van der Waals surface area contributed by atoms with E-state index < -0.39 is 5.97 Å². The van der Waals surface area contributed by atoms with Crippen LogP contribution in [0, 0.1) is 0 Å². The zero-order valence-electron chi connectivity index (χ0n) is 14.9. The van der Waals surface area contributed by atoms with Crippen molar-refractivity contribution in [3.63, 3.8) is 0 Å². The van der Waals surface area contributed by atoms with Gasteiger partial charge >= 0.3 is 12.0 Å². The van der Waals surface area contributed by atoms with Crippen LogP contribution in [-0.4, -0.2) is 41.3 Å². The molecule has 1 aromatic heterocycles. The standard InChI is InChI=1S/C19H18N4O3S/c1-23(12-13-8-10-15(11-9-13)17(24)26-2)19(25)20-18-22-21-16(27-18)14-6-4-3-5-7-14/h3-11H,12H2,1-2H3,(H,20,22,25). The maximum atomic E-state index is 12.4. The summed E-state index contributed by atoms with van der Waals surface area (Å²) in [6.07, 6.45) is 0. The predicted octanol–water partition coefficient (Wildman–Crippen LogP) is 3.66. The number of hydrogen-bond donors (Lipinski definition) is 1. The van der Waals surface area contributed by atoms with Gasteiger partial charge in [0.05, 0.1) is 12.7 Å². The molecule has 3 aromatic rings. The SMILES string of the molecule is COC(=O)c1ccc(CN(C)C(=O)Nc2nnc(-c3ccccc3)s2)cc1. The molecule has 0 fully saturated rings. The molecule has 0 aliphatic heterocycles. The molecular formula is C19H18N4O3S. The fourth-order valence-corrected chi connectivity index (χ4v) is 3.11. The van der Waals surface area contributed by atoms with Crippen LogP contribution in [0.3, 0.4) is 0 Å².